The van der Waals surface area contributed by atoms with Crippen LogP contribution in [0.15, 0.2) is 198 Å². The molecule has 0 aliphatic carbocycles. The summed E-state index contributed by atoms with van der Waals surface area (Å²) in [6.07, 6.45) is 3.88. The molecular formula is C43H33N3P2. The van der Waals surface area contributed by atoms with Crippen LogP contribution in [0.2, 0.25) is 0 Å². The zero-order chi connectivity index (χ0) is 32.4. The molecule has 0 aliphatic rings. The average molecular weight is 654 g/mol. The van der Waals surface area contributed by atoms with Crippen molar-refractivity contribution in [2.24, 2.45) is 9.98 Å². The van der Waals surface area contributed by atoms with Crippen LogP contribution in [-0.2, 0) is 0 Å². The summed E-state index contributed by atoms with van der Waals surface area (Å²) < 4.78 is 0. The summed E-state index contributed by atoms with van der Waals surface area (Å²) in [6, 6.07) is 65.8. The number of aromatic nitrogens is 1. The number of pyridine rings is 1. The van der Waals surface area contributed by atoms with Gasteiger partial charge in [-0.1, -0.05) is 176 Å². The third-order valence-electron chi connectivity index (χ3n) is 7.80. The maximum Gasteiger partial charge on any atom is 0.154 e. The molecule has 0 amide bonds. The third-order valence-corrected chi connectivity index (χ3v) is 12.8. The molecule has 1 aromatic heterocycles. The van der Waals surface area contributed by atoms with Gasteiger partial charge in [0.15, 0.2) is 11.6 Å². The molecule has 7 aromatic rings. The molecule has 0 radical (unpaired) electrons. The van der Waals surface area contributed by atoms with Crippen LogP contribution >= 0.6 is 15.8 Å². The Balaban J connectivity index is 1.19. The Morgan fingerprint density at radius 1 is 0.333 bits per heavy atom. The molecular weight excluding hydrogens is 620 g/mol. The molecule has 0 bridgehead atoms. The van der Waals surface area contributed by atoms with Crippen molar-refractivity contribution >= 4 is 71.7 Å². The van der Waals surface area contributed by atoms with E-state index < -0.39 is 15.8 Å². The van der Waals surface area contributed by atoms with Gasteiger partial charge in [0.1, 0.15) is 0 Å². The first kappa shape index (κ1) is 31.3. The van der Waals surface area contributed by atoms with Crippen molar-refractivity contribution in [3.8, 4) is 0 Å². The monoisotopic (exact) mass is 653 g/mol. The predicted octanol–water partition coefficient (Wildman–Crippen LogP) is 8.10. The van der Waals surface area contributed by atoms with E-state index in [1.807, 2.05) is 30.6 Å². The first-order valence-electron chi connectivity index (χ1n) is 15.9. The Bertz CT molecular complexity index is 1900. The van der Waals surface area contributed by atoms with E-state index in [4.69, 9.17) is 15.0 Å². The summed E-state index contributed by atoms with van der Waals surface area (Å²) in [5.41, 5.74) is 2.16. The average Bonchev–Trinajstić information content (AvgIpc) is 3.16. The number of rotatable bonds is 10. The zero-order valence-electron chi connectivity index (χ0n) is 26.3. The zero-order valence-corrected chi connectivity index (χ0v) is 28.1. The Hall–Kier alpha value is -5.33. The first-order valence-corrected chi connectivity index (χ1v) is 18.6. The van der Waals surface area contributed by atoms with Crippen LogP contribution in [0.25, 0.3) is 0 Å². The van der Waals surface area contributed by atoms with Gasteiger partial charge in [-0.25, -0.2) is 15.0 Å². The number of hydrogen-bond donors (Lipinski definition) is 0. The van der Waals surface area contributed by atoms with Crippen molar-refractivity contribution in [1.29, 1.82) is 0 Å². The van der Waals surface area contributed by atoms with Crippen LogP contribution in [0, 0.1) is 0 Å². The Morgan fingerprint density at radius 2 is 0.646 bits per heavy atom. The molecule has 3 nitrogen and oxygen atoms in total. The highest BCUT2D eigenvalue weighted by Gasteiger charge is 2.20. The van der Waals surface area contributed by atoms with Crippen LogP contribution < -0.4 is 31.8 Å². The van der Waals surface area contributed by atoms with E-state index in [-0.39, 0.29) is 0 Å². The predicted molar refractivity (Wildman–Crippen MR) is 209 cm³/mol. The maximum absolute atomic E-state index is 4.85. The SMILES string of the molecule is C(=Nc1cccc(/N=C/c2ccccc2P(c2ccccc2)c2ccccc2)n1)c1ccccc1P(c1ccccc1)c1ccccc1. The van der Waals surface area contributed by atoms with E-state index >= 15 is 0 Å². The van der Waals surface area contributed by atoms with E-state index in [1.165, 1.54) is 31.8 Å². The topological polar surface area (TPSA) is 37.6 Å². The minimum absolute atomic E-state index is 0.618. The van der Waals surface area contributed by atoms with E-state index in [9.17, 15) is 0 Å². The van der Waals surface area contributed by atoms with Crippen LogP contribution in [0.1, 0.15) is 11.1 Å². The quantitative estimate of drug-likeness (QED) is 0.109. The number of nitrogens with zero attached hydrogens (tertiary/aromatic N) is 3. The molecule has 0 saturated carbocycles. The lowest BCUT2D eigenvalue weighted by Gasteiger charge is -2.21. The number of aliphatic imine (C=N–C) groups is 2. The van der Waals surface area contributed by atoms with Gasteiger partial charge in [-0.15, -0.1) is 0 Å². The molecule has 0 unspecified atom stereocenters. The van der Waals surface area contributed by atoms with Crippen molar-refractivity contribution in [3.63, 3.8) is 0 Å². The van der Waals surface area contributed by atoms with Gasteiger partial charge < -0.3 is 0 Å². The fourth-order valence-electron chi connectivity index (χ4n) is 5.59. The molecule has 0 fully saturated rings. The highest BCUT2D eigenvalue weighted by Crippen LogP contribution is 2.35. The normalized spacial score (nSPS) is 11.5. The molecule has 0 atom stereocenters. The lowest BCUT2D eigenvalue weighted by Crippen LogP contribution is -2.23. The molecule has 48 heavy (non-hydrogen) atoms. The minimum Gasteiger partial charge on any atom is -0.236 e. The molecule has 5 heteroatoms. The molecule has 0 spiro atoms. The summed E-state index contributed by atoms with van der Waals surface area (Å²) in [6.45, 7) is 0. The number of hydrogen-bond acceptors (Lipinski definition) is 3. The maximum atomic E-state index is 4.85. The van der Waals surface area contributed by atoms with Crippen LogP contribution in [0.3, 0.4) is 0 Å². The van der Waals surface area contributed by atoms with Crippen LogP contribution in [-0.4, -0.2) is 17.4 Å². The Kier molecular flexibility index (Phi) is 10.1. The highest BCUT2D eigenvalue weighted by atomic mass is 31.1. The summed E-state index contributed by atoms with van der Waals surface area (Å²) in [5.74, 6) is 1.24. The van der Waals surface area contributed by atoms with Gasteiger partial charge in [-0.05, 0) is 59.8 Å². The van der Waals surface area contributed by atoms with Gasteiger partial charge >= 0.3 is 0 Å². The van der Waals surface area contributed by atoms with Crippen LogP contribution in [0.5, 0.6) is 0 Å². The summed E-state index contributed by atoms with van der Waals surface area (Å²) in [5, 5.41) is 7.73. The van der Waals surface area contributed by atoms with Gasteiger partial charge in [-0.2, -0.15) is 0 Å². The molecule has 0 N–H and O–H groups in total. The van der Waals surface area contributed by atoms with E-state index in [0.29, 0.717) is 11.6 Å². The van der Waals surface area contributed by atoms with Crippen molar-refractivity contribution in [2.45, 2.75) is 0 Å². The third kappa shape index (κ3) is 7.45. The van der Waals surface area contributed by atoms with Gasteiger partial charge in [0, 0.05) is 23.6 Å². The molecule has 230 valence electrons. The van der Waals surface area contributed by atoms with Crippen molar-refractivity contribution < 1.29 is 0 Å². The van der Waals surface area contributed by atoms with Gasteiger partial charge in [0.2, 0.25) is 0 Å². The highest BCUT2D eigenvalue weighted by molar-refractivity contribution is 7.80. The van der Waals surface area contributed by atoms with Gasteiger partial charge in [-0.3, -0.25) is 0 Å². The van der Waals surface area contributed by atoms with Crippen LogP contribution in [0.4, 0.5) is 11.6 Å². The molecule has 7 rings (SSSR count). The largest absolute Gasteiger partial charge is 0.236 e. The minimum atomic E-state index is -0.761. The van der Waals surface area contributed by atoms with Gasteiger partial charge in [0.05, 0.1) is 0 Å². The van der Waals surface area contributed by atoms with Crippen molar-refractivity contribution in [3.05, 3.63) is 199 Å². The van der Waals surface area contributed by atoms with E-state index in [2.05, 4.69) is 170 Å². The Labute approximate surface area is 285 Å². The van der Waals surface area contributed by atoms with Gasteiger partial charge in [0.25, 0.3) is 0 Å². The lowest BCUT2D eigenvalue weighted by molar-refractivity contribution is 1.25. The second kappa shape index (κ2) is 15.5. The second-order valence-electron chi connectivity index (χ2n) is 11.0. The number of benzene rings is 6. The molecule has 0 saturated heterocycles. The fourth-order valence-corrected chi connectivity index (χ4v) is 10.4. The summed E-state index contributed by atoms with van der Waals surface area (Å²) >= 11 is 0. The standard InChI is InChI=1S/C43H33N3P2/c1-5-20-36(21-6-1)47(37-22-7-2-8-23-37)40-28-15-13-18-34(40)32-44-42-30-17-31-43(46-42)45-33-35-19-14-16-29-41(35)48(38-24-9-3-10-25-38)39-26-11-4-12-27-39/h1-33H/b44-32+,45-33?. The van der Waals surface area contributed by atoms with E-state index in [1.54, 1.807) is 0 Å². The smallest absolute Gasteiger partial charge is 0.154 e. The fraction of sp³-hybridized carbons (Fsp3) is 0. The van der Waals surface area contributed by atoms with E-state index in [0.717, 1.165) is 11.1 Å². The molecule has 1 heterocycles. The molecule has 6 aromatic carbocycles. The second-order valence-corrected chi connectivity index (χ2v) is 15.4. The molecule has 0 aliphatic heterocycles. The lowest BCUT2D eigenvalue weighted by atomic mass is 10.2. The van der Waals surface area contributed by atoms with Crippen molar-refractivity contribution in [2.75, 3.05) is 0 Å². The summed E-state index contributed by atoms with van der Waals surface area (Å²) in [7, 11) is -1.52. The van der Waals surface area contributed by atoms with Crippen molar-refractivity contribution in [1.82, 2.24) is 4.98 Å². The summed E-state index contributed by atoms with van der Waals surface area (Å²) in [4.78, 5) is 14.5. The Morgan fingerprint density at radius 3 is 1.00 bits per heavy atom. The first-order chi connectivity index (χ1) is 23.8.